The molecule has 0 atom stereocenters. The molecule has 2 aromatic carbocycles. The number of amides is 1. The number of benzene rings is 2. The molecule has 4 heterocycles. The molecule has 2 N–H and O–H groups in total. The molecular formula is C32H39F2N9O3S2. The molecule has 0 fully saturated rings. The lowest BCUT2D eigenvalue weighted by Crippen LogP contribution is -2.14. The van der Waals surface area contributed by atoms with Crippen LogP contribution in [-0.2, 0) is 17.8 Å². The summed E-state index contributed by atoms with van der Waals surface area (Å²) in [5.41, 5.74) is 6.09. The third kappa shape index (κ3) is 9.65. The second kappa shape index (κ2) is 18.8. The van der Waals surface area contributed by atoms with Gasteiger partial charge in [-0.2, -0.15) is 9.97 Å². The summed E-state index contributed by atoms with van der Waals surface area (Å²) in [7, 11) is 0. The summed E-state index contributed by atoms with van der Waals surface area (Å²) in [6.07, 6.45) is 3.25. The summed E-state index contributed by atoms with van der Waals surface area (Å²) in [6.45, 7) is 2.22. The van der Waals surface area contributed by atoms with E-state index in [1.54, 1.807) is 66.5 Å². The molecule has 0 spiro atoms. The number of thiazole rings is 2. The van der Waals surface area contributed by atoms with Crippen LogP contribution in [0.4, 0.5) is 8.78 Å². The van der Waals surface area contributed by atoms with E-state index in [0.29, 0.717) is 32.8 Å². The third-order valence-electron chi connectivity index (χ3n) is 5.82. The molecule has 0 radical (unpaired) electrons. The van der Waals surface area contributed by atoms with Crippen LogP contribution in [0.5, 0.6) is 0 Å². The van der Waals surface area contributed by atoms with E-state index in [9.17, 15) is 18.4 Å². The zero-order chi connectivity index (χ0) is 31.1. The number of hydrogen-bond acceptors (Lipinski definition) is 11. The average Bonchev–Trinajstić information content (AvgIpc) is 3.83. The number of nitrogens with two attached hydrogens (primary N) is 1. The first-order chi connectivity index (χ1) is 21.3. The van der Waals surface area contributed by atoms with E-state index in [1.165, 1.54) is 44.2 Å². The second-order valence-corrected chi connectivity index (χ2v) is 10.6. The Kier molecular flexibility index (Phi) is 16.0. The largest absolute Gasteiger partial charge is 0.460 e. The summed E-state index contributed by atoms with van der Waals surface area (Å²) in [5.74, 6) is -1.42. The normalized spacial score (nSPS) is 9.81. The quantitative estimate of drug-likeness (QED) is 0.157. The SMILES string of the molecule is C.C.C.C.CCOC(=O)c1nc(-c2nccs2)n(Cc2ccccc2F)n1.NC(=O)c1nc(-c2nccs2)n(Cc2ccccc2F)n1. The molecule has 1 amide bonds. The number of aromatic nitrogens is 8. The van der Waals surface area contributed by atoms with Gasteiger partial charge in [-0.25, -0.2) is 32.9 Å². The lowest BCUT2D eigenvalue weighted by molar-refractivity contribution is 0.0511. The number of carbonyl (C=O) groups excluding carboxylic acids is 2. The fourth-order valence-corrected chi connectivity index (χ4v) is 5.11. The van der Waals surface area contributed by atoms with Crippen LogP contribution in [0.3, 0.4) is 0 Å². The van der Waals surface area contributed by atoms with Crippen molar-refractivity contribution >= 4 is 34.6 Å². The van der Waals surface area contributed by atoms with Crippen molar-refractivity contribution < 1.29 is 23.1 Å². The maximum atomic E-state index is 13.9. The number of esters is 1. The molecule has 0 saturated heterocycles. The van der Waals surface area contributed by atoms with Gasteiger partial charge in [0.25, 0.3) is 11.7 Å². The Hall–Kier alpha value is -5.22. The minimum absolute atomic E-state index is 0. The third-order valence-corrected chi connectivity index (χ3v) is 7.36. The second-order valence-electron chi connectivity index (χ2n) is 8.78. The van der Waals surface area contributed by atoms with Crippen LogP contribution in [0.1, 0.15) is 69.0 Å². The molecule has 0 saturated carbocycles. The van der Waals surface area contributed by atoms with E-state index < -0.39 is 11.9 Å². The Balaban J connectivity index is 0.000000444. The molecule has 48 heavy (non-hydrogen) atoms. The van der Waals surface area contributed by atoms with Gasteiger partial charge in [0.05, 0.1) is 19.7 Å². The van der Waals surface area contributed by atoms with Gasteiger partial charge >= 0.3 is 5.97 Å². The predicted molar refractivity (Wildman–Crippen MR) is 185 cm³/mol. The van der Waals surface area contributed by atoms with Gasteiger partial charge < -0.3 is 10.5 Å². The summed E-state index contributed by atoms with van der Waals surface area (Å²) < 4.78 is 35.4. The van der Waals surface area contributed by atoms with E-state index in [2.05, 4.69) is 30.1 Å². The Labute approximate surface area is 286 Å². The number of hydrogen-bond donors (Lipinski definition) is 1. The Morgan fingerprint density at radius 3 is 1.58 bits per heavy atom. The molecule has 0 aliphatic carbocycles. The molecule has 0 unspecified atom stereocenters. The molecule has 4 aromatic heterocycles. The highest BCUT2D eigenvalue weighted by Gasteiger charge is 2.21. The molecule has 6 aromatic rings. The van der Waals surface area contributed by atoms with Crippen molar-refractivity contribution in [2.45, 2.75) is 49.7 Å². The van der Waals surface area contributed by atoms with Gasteiger partial charge in [0.1, 0.15) is 11.6 Å². The van der Waals surface area contributed by atoms with Crippen molar-refractivity contribution in [3.05, 3.63) is 106 Å². The van der Waals surface area contributed by atoms with E-state index in [1.807, 2.05) is 0 Å². The van der Waals surface area contributed by atoms with Gasteiger partial charge in [-0.1, -0.05) is 66.1 Å². The zero-order valence-electron chi connectivity index (χ0n) is 23.0. The van der Waals surface area contributed by atoms with E-state index in [-0.39, 0.29) is 72.7 Å². The van der Waals surface area contributed by atoms with Crippen molar-refractivity contribution in [1.29, 1.82) is 0 Å². The molecular weight excluding hydrogens is 661 g/mol. The fourth-order valence-electron chi connectivity index (χ4n) is 3.85. The van der Waals surface area contributed by atoms with Crippen molar-refractivity contribution in [3.63, 3.8) is 0 Å². The van der Waals surface area contributed by atoms with Crippen LogP contribution in [-0.4, -0.2) is 58.0 Å². The van der Waals surface area contributed by atoms with E-state index in [4.69, 9.17) is 10.5 Å². The van der Waals surface area contributed by atoms with Gasteiger partial charge in [-0.15, -0.1) is 32.9 Å². The number of primary amides is 1. The smallest absolute Gasteiger partial charge is 0.378 e. The number of rotatable bonds is 9. The summed E-state index contributed by atoms with van der Waals surface area (Å²) in [4.78, 5) is 39.7. The van der Waals surface area contributed by atoms with E-state index in [0.717, 1.165) is 0 Å². The van der Waals surface area contributed by atoms with Gasteiger partial charge in [0.15, 0.2) is 21.7 Å². The Bertz CT molecular complexity index is 1880. The van der Waals surface area contributed by atoms with Gasteiger partial charge in [-0.05, 0) is 19.1 Å². The standard InChI is InChI=1S/C15H13FN4O2S.C13H10FN5OS.4CH4/c1-2-22-15(21)12-18-13(14-17-7-8-23-14)20(19-12)9-10-5-3-4-6-11(10)16;14-9-4-2-1-3-8(9)7-19-12(13-16-5-6-21-13)17-11(18-19)10(15)20;;;;/h3-8H,2,9H2,1H3;1-6H,7H2,(H2,15,20);4*1H4. The Morgan fingerprint density at radius 2 is 1.19 bits per heavy atom. The van der Waals surface area contributed by atoms with Crippen molar-refractivity contribution in [1.82, 2.24) is 39.5 Å². The first-order valence-electron chi connectivity index (χ1n) is 13.0. The first-order valence-corrected chi connectivity index (χ1v) is 14.7. The number of halogens is 2. The highest BCUT2D eigenvalue weighted by atomic mass is 32.1. The summed E-state index contributed by atoms with van der Waals surface area (Å²) in [5, 5.41) is 12.9. The van der Waals surface area contributed by atoms with Crippen LogP contribution in [0.15, 0.2) is 71.7 Å². The van der Waals surface area contributed by atoms with Crippen molar-refractivity contribution in [2.75, 3.05) is 6.61 Å². The highest BCUT2D eigenvalue weighted by Crippen LogP contribution is 2.23. The van der Waals surface area contributed by atoms with Crippen LogP contribution < -0.4 is 5.73 Å². The monoisotopic (exact) mass is 699 g/mol. The Morgan fingerprint density at radius 1 is 0.750 bits per heavy atom. The van der Waals surface area contributed by atoms with Gasteiger partial charge in [0.2, 0.25) is 5.82 Å². The molecule has 0 bridgehead atoms. The minimum Gasteiger partial charge on any atom is -0.460 e. The molecule has 12 nitrogen and oxygen atoms in total. The first kappa shape index (κ1) is 40.8. The lowest BCUT2D eigenvalue weighted by Gasteiger charge is -2.05. The average molecular weight is 700 g/mol. The highest BCUT2D eigenvalue weighted by molar-refractivity contribution is 7.13. The molecule has 6 rings (SSSR count). The number of ether oxygens (including phenoxy) is 1. The zero-order valence-corrected chi connectivity index (χ0v) is 24.6. The number of carbonyl (C=O) groups is 2. The van der Waals surface area contributed by atoms with Gasteiger partial charge in [0, 0.05) is 34.3 Å². The fraction of sp³-hybridized carbons (Fsp3) is 0.250. The molecule has 16 heteroatoms. The van der Waals surface area contributed by atoms with Crippen molar-refractivity contribution in [2.24, 2.45) is 5.73 Å². The van der Waals surface area contributed by atoms with Crippen LogP contribution in [0.25, 0.3) is 21.7 Å². The maximum absolute atomic E-state index is 13.9. The molecule has 0 aliphatic heterocycles. The van der Waals surface area contributed by atoms with Crippen LogP contribution >= 0.6 is 22.7 Å². The predicted octanol–water partition coefficient (Wildman–Crippen LogP) is 7.00. The van der Waals surface area contributed by atoms with Crippen LogP contribution in [0, 0.1) is 11.6 Å². The van der Waals surface area contributed by atoms with Crippen LogP contribution in [0.2, 0.25) is 0 Å². The van der Waals surface area contributed by atoms with E-state index >= 15 is 0 Å². The summed E-state index contributed by atoms with van der Waals surface area (Å²) >= 11 is 2.71. The minimum atomic E-state index is -0.736. The molecule has 0 aliphatic rings. The van der Waals surface area contributed by atoms with Crippen molar-refractivity contribution in [3.8, 4) is 21.7 Å². The molecule has 256 valence electrons. The number of nitrogens with zero attached hydrogens (tertiary/aromatic N) is 8. The lowest BCUT2D eigenvalue weighted by atomic mass is 10.2. The van der Waals surface area contributed by atoms with Gasteiger partial charge in [-0.3, -0.25) is 4.79 Å². The topological polar surface area (TPSA) is 157 Å². The summed E-state index contributed by atoms with van der Waals surface area (Å²) in [6, 6.07) is 12.7. The maximum Gasteiger partial charge on any atom is 0.378 e.